The van der Waals surface area contributed by atoms with Gasteiger partial charge in [0, 0.05) is 15.1 Å². The standard InChI is InChI=1S/C22H15BrClNO/c23-19-9-5-17(6-10-19)15-26-20-11-7-16(8-12-20)13-18(14-25)21-3-1-2-4-22(21)24/h1-13H,15H2. The predicted molar refractivity (Wildman–Crippen MR) is 110 cm³/mol. The molecule has 0 saturated heterocycles. The van der Waals surface area contributed by atoms with Gasteiger partial charge in [-0.1, -0.05) is 70.0 Å². The monoisotopic (exact) mass is 423 g/mol. The molecule has 0 amide bonds. The molecule has 0 aliphatic rings. The maximum atomic E-state index is 9.44. The molecule has 4 heteroatoms. The van der Waals surface area contributed by atoms with E-state index in [1.54, 1.807) is 6.07 Å². The lowest BCUT2D eigenvalue weighted by Gasteiger charge is -2.07. The Morgan fingerprint density at radius 3 is 2.35 bits per heavy atom. The molecule has 0 bridgehead atoms. The highest BCUT2D eigenvalue weighted by Crippen LogP contribution is 2.25. The molecule has 0 saturated carbocycles. The van der Waals surface area contributed by atoms with Gasteiger partial charge in [0.15, 0.2) is 0 Å². The molecule has 0 heterocycles. The average molecular weight is 425 g/mol. The summed E-state index contributed by atoms with van der Waals surface area (Å²) in [4.78, 5) is 0. The first-order valence-electron chi connectivity index (χ1n) is 8.00. The maximum absolute atomic E-state index is 9.44. The molecular formula is C22H15BrClNO. The molecule has 0 unspecified atom stereocenters. The van der Waals surface area contributed by atoms with Crippen molar-refractivity contribution in [1.29, 1.82) is 5.26 Å². The van der Waals surface area contributed by atoms with Crippen LogP contribution < -0.4 is 4.74 Å². The molecular weight excluding hydrogens is 410 g/mol. The van der Waals surface area contributed by atoms with Gasteiger partial charge in [-0.25, -0.2) is 0 Å². The van der Waals surface area contributed by atoms with Gasteiger partial charge in [-0.15, -0.1) is 0 Å². The molecule has 0 radical (unpaired) electrons. The molecule has 128 valence electrons. The first-order chi connectivity index (χ1) is 12.7. The second kappa shape index (κ2) is 8.71. The molecule has 0 aliphatic carbocycles. The van der Waals surface area contributed by atoms with Crippen molar-refractivity contribution in [1.82, 2.24) is 0 Å². The van der Waals surface area contributed by atoms with E-state index in [4.69, 9.17) is 16.3 Å². The number of nitriles is 1. The molecule has 3 aromatic carbocycles. The van der Waals surface area contributed by atoms with Crippen molar-refractivity contribution < 1.29 is 4.74 Å². The number of halogens is 2. The number of rotatable bonds is 5. The molecule has 3 rings (SSSR count). The Hall–Kier alpha value is -2.54. The molecule has 0 N–H and O–H groups in total. The molecule has 0 atom stereocenters. The highest BCUT2D eigenvalue weighted by molar-refractivity contribution is 9.10. The summed E-state index contributed by atoms with van der Waals surface area (Å²) in [6, 6.07) is 25.2. The second-order valence-electron chi connectivity index (χ2n) is 5.63. The van der Waals surface area contributed by atoms with Crippen LogP contribution in [0.25, 0.3) is 11.6 Å². The third-order valence-corrected chi connectivity index (χ3v) is 4.65. The van der Waals surface area contributed by atoms with E-state index in [2.05, 4.69) is 22.0 Å². The minimum Gasteiger partial charge on any atom is -0.489 e. The van der Waals surface area contributed by atoms with E-state index in [0.717, 1.165) is 26.9 Å². The van der Waals surface area contributed by atoms with Crippen LogP contribution in [0.5, 0.6) is 5.75 Å². The Kier molecular flexibility index (Phi) is 6.12. The number of hydrogen-bond acceptors (Lipinski definition) is 2. The highest BCUT2D eigenvalue weighted by atomic mass is 79.9. The first-order valence-corrected chi connectivity index (χ1v) is 9.17. The number of allylic oxidation sites excluding steroid dienone is 1. The van der Waals surface area contributed by atoms with Crippen molar-refractivity contribution in [2.75, 3.05) is 0 Å². The van der Waals surface area contributed by atoms with Crippen LogP contribution >= 0.6 is 27.5 Å². The summed E-state index contributed by atoms with van der Waals surface area (Å²) in [5.41, 5.74) is 3.27. The topological polar surface area (TPSA) is 33.0 Å². The van der Waals surface area contributed by atoms with Crippen molar-refractivity contribution in [2.24, 2.45) is 0 Å². The van der Waals surface area contributed by atoms with Gasteiger partial charge in [0.1, 0.15) is 12.4 Å². The summed E-state index contributed by atoms with van der Waals surface area (Å²) >= 11 is 9.60. The Morgan fingerprint density at radius 1 is 1.00 bits per heavy atom. The minimum absolute atomic E-state index is 0.505. The SMILES string of the molecule is N#CC(=Cc1ccc(OCc2ccc(Br)cc2)cc1)c1ccccc1Cl. The van der Waals surface area contributed by atoms with Gasteiger partial charge in [-0.3, -0.25) is 0 Å². The van der Waals surface area contributed by atoms with Gasteiger partial charge in [0.05, 0.1) is 11.6 Å². The lowest BCUT2D eigenvalue weighted by Crippen LogP contribution is -1.94. The fraction of sp³-hybridized carbons (Fsp3) is 0.0455. The summed E-state index contributed by atoms with van der Waals surface area (Å²) in [5, 5.41) is 10.0. The van der Waals surface area contributed by atoms with Crippen LogP contribution in [0.1, 0.15) is 16.7 Å². The van der Waals surface area contributed by atoms with Crippen molar-refractivity contribution in [2.45, 2.75) is 6.61 Å². The van der Waals surface area contributed by atoms with Gasteiger partial charge in [0.25, 0.3) is 0 Å². The zero-order valence-electron chi connectivity index (χ0n) is 13.8. The summed E-state index contributed by atoms with van der Waals surface area (Å²) in [5.74, 6) is 0.779. The van der Waals surface area contributed by atoms with Crippen LogP contribution in [0.3, 0.4) is 0 Å². The molecule has 26 heavy (non-hydrogen) atoms. The van der Waals surface area contributed by atoms with Gasteiger partial charge < -0.3 is 4.74 Å². The van der Waals surface area contributed by atoms with Crippen molar-refractivity contribution in [3.05, 3.63) is 99.0 Å². The number of benzene rings is 3. The van der Waals surface area contributed by atoms with Gasteiger partial charge in [0.2, 0.25) is 0 Å². The Bertz CT molecular complexity index is 957. The van der Waals surface area contributed by atoms with Crippen molar-refractivity contribution in [3.63, 3.8) is 0 Å². The van der Waals surface area contributed by atoms with Crippen LogP contribution in [0.2, 0.25) is 5.02 Å². The Balaban J connectivity index is 1.71. The van der Waals surface area contributed by atoms with Crippen LogP contribution in [-0.2, 0) is 6.61 Å². The lowest BCUT2D eigenvalue weighted by atomic mass is 10.0. The quantitative estimate of drug-likeness (QED) is 0.335. The van der Waals surface area contributed by atoms with Gasteiger partial charge in [-0.2, -0.15) is 5.26 Å². The third kappa shape index (κ3) is 4.76. The van der Waals surface area contributed by atoms with Crippen molar-refractivity contribution >= 4 is 39.2 Å². The molecule has 0 aromatic heterocycles. The molecule has 0 fully saturated rings. The predicted octanol–water partition coefficient (Wildman–Crippen LogP) is 6.75. The molecule has 0 aliphatic heterocycles. The van der Waals surface area contributed by atoms with Crippen molar-refractivity contribution in [3.8, 4) is 11.8 Å². The lowest BCUT2D eigenvalue weighted by molar-refractivity contribution is 0.306. The van der Waals surface area contributed by atoms with E-state index in [0.29, 0.717) is 17.2 Å². The van der Waals surface area contributed by atoms with E-state index >= 15 is 0 Å². The largest absolute Gasteiger partial charge is 0.489 e. The van der Waals surface area contributed by atoms with E-state index in [1.165, 1.54) is 0 Å². The number of ether oxygens (including phenoxy) is 1. The zero-order valence-corrected chi connectivity index (χ0v) is 16.2. The fourth-order valence-corrected chi connectivity index (χ4v) is 2.93. The maximum Gasteiger partial charge on any atom is 0.119 e. The normalized spacial score (nSPS) is 11.0. The fourth-order valence-electron chi connectivity index (χ4n) is 2.42. The smallest absolute Gasteiger partial charge is 0.119 e. The molecule has 2 nitrogen and oxygen atoms in total. The summed E-state index contributed by atoms with van der Waals surface area (Å²) in [7, 11) is 0. The van der Waals surface area contributed by atoms with Crippen LogP contribution in [0.4, 0.5) is 0 Å². The Morgan fingerprint density at radius 2 is 1.69 bits per heavy atom. The number of nitrogens with zero attached hydrogens (tertiary/aromatic N) is 1. The zero-order chi connectivity index (χ0) is 18.4. The highest BCUT2D eigenvalue weighted by Gasteiger charge is 2.05. The minimum atomic E-state index is 0.505. The van der Waals surface area contributed by atoms with Gasteiger partial charge in [-0.05, 0) is 47.5 Å². The van der Waals surface area contributed by atoms with E-state index in [9.17, 15) is 5.26 Å². The first kappa shape index (κ1) is 18.3. The molecule has 0 spiro atoms. The average Bonchev–Trinajstić information content (AvgIpc) is 2.67. The van der Waals surface area contributed by atoms with Crippen LogP contribution in [-0.4, -0.2) is 0 Å². The number of hydrogen-bond donors (Lipinski definition) is 0. The molecule has 3 aromatic rings. The summed E-state index contributed by atoms with van der Waals surface area (Å²) < 4.78 is 6.85. The third-order valence-electron chi connectivity index (χ3n) is 3.79. The summed E-state index contributed by atoms with van der Waals surface area (Å²) in [6.07, 6.45) is 1.82. The second-order valence-corrected chi connectivity index (χ2v) is 6.96. The Labute approximate surface area is 166 Å². The summed E-state index contributed by atoms with van der Waals surface area (Å²) in [6.45, 7) is 0.505. The van der Waals surface area contributed by atoms with E-state index in [1.807, 2.05) is 72.8 Å². The van der Waals surface area contributed by atoms with Crippen LogP contribution in [0, 0.1) is 11.3 Å². The van der Waals surface area contributed by atoms with Crippen LogP contribution in [0.15, 0.2) is 77.3 Å². The van der Waals surface area contributed by atoms with E-state index in [-0.39, 0.29) is 0 Å². The van der Waals surface area contributed by atoms with E-state index < -0.39 is 0 Å². The van der Waals surface area contributed by atoms with Gasteiger partial charge >= 0.3 is 0 Å².